The number of rotatable bonds is 3. The average molecular weight is 267 g/mol. The third kappa shape index (κ3) is 2.37. The molecule has 0 saturated heterocycles. The molecule has 5 heteroatoms. The molecule has 3 rings (SSSR count). The first kappa shape index (κ1) is 10.9. The first-order valence-electron chi connectivity index (χ1n) is 5.42. The van der Waals surface area contributed by atoms with Crippen molar-refractivity contribution in [2.24, 2.45) is 0 Å². The molecule has 0 amide bonds. The Morgan fingerprint density at radius 2 is 2.41 bits per heavy atom. The van der Waals surface area contributed by atoms with Crippen molar-refractivity contribution in [1.29, 1.82) is 0 Å². The average Bonchev–Trinajstić information content (AvgIpc) is 2.86. The number of hydrogen-bond donors (Lipinski definition) is 1. The van der Waals surface area contributed by atoms with E-state index in [-0.39, 0.29) is 0 Å². The Balaban J connectivity index is 1.67. The fraction of sp³-hybridized carbons (Fsp3) is 0.250. The predicted octanol–water partition coefficient (Wildman–Crippen LogP) is 3.34. The number of thiazole rings is 1. The molecule has 0 radical (unpaired) electrons. The second kappa shape index (κ2) is 4.55. The minimum absolute atomic E-state index is 0.500. The van der Waals surface area contributed by atoms with Gasteiger partial charge in [0.1, 0.15) is 23.2 Å². The highest BCUT2D eigenvalue weighted by Gasteiger charge is 2.16. The molecule has 1 aliphatic heterocycles. The van der Waals surface area contributed by atoms with Crippen LogP contribution in [0.1, 0.15) is 9.88 Å². The number of nitrogens with one attached hydrogen (secondary N) is 1. The smallest absolute Gasteiger partial charge is 0.140 e. The maximum Gasteiger partial charge on any atom is 0.140 e. The summed E-state index contributed by atoms with van der Waals surface area (Å²) in [5.41, 5.74) is 0. The van der Waals surface area contributed by atoms with Gasteiger partial charge in [-0.05, 0) is 18.2 Å². The van der Waals surface area contributed by atoms with Crippen LogP contribution in [0.2, 0.25) is 5.02 Å². The van der Waals surface area contributed by atoms with Gasteiger partial charge in [0.05, 0.1) is 4.88 Å². The molecular formula is C12H11ClN2OS. The molecular weight excluding hydrogens is 256 g/mol. The van der Waals surface area contributed by atoms with E-state index in [1.54, 1.807) is 17.4 Å². The summed E-state index contributed by atoms with van der Waals surface area (Å²) in [6, 6.07) is 7.41. The molecule has 88 valence electrons. The number of fused-ring (bicyclic) bond motifs is 1. The van der Waals surface area contributed by atoms with E-state index in [9.17, 15) is 0 Å². The van der Waals surface area contributed by atoms with Gasteiger partial charge in [-0.2, -0.15) is 0 Å². The van der Waals surface area contributed by atoms with Gasteiger partial charge in [-0.15, -0.1) is 11.3 Å². The van der Waals surface area contributed by atoms with Gasteiger partial charge in [-0.1, -0.05) is 17.7 Å². The first-order chi connectivity index (χ1) is 8.31. The van der Waals surface area contributed by atoms with Crippen LogP contribution in [0.4, 0.5) is 5.82 Å². The van der Waals surface area contributed by atoms with E-state index in [2.05, 4.69) is 10.3 Å². The van der Waals surface area contributed by atoms with E-state index in [0.717, 1.165) is 29.5 Å². The molecule has 0 bridgehead atoms. The van der Waals surface area contributed by atoms with Crippen molar-refractivity contribution >= 4 is 28.8 Å². The van der Waals surface area contributed by atoms with Crippen molar-refractivity contribution < 1.29 is 4.74 Å². The molecule has 0 spiro atoms. The SMILES string of the molecule is Clc1cccc(OCc2nc3c(s2)CCN3)c1. The maximum absolute atomic E-state index is 5.88. The van der Waals surface area contributed by atoms with Crippen LogP contribution in [0.15, 0.2) is 24.3 Å². The van der Waals surface area contributed by atoms with Gasteiger partial charge in [-0.25, -0.2) is 4.98 Å². The van der Waals surface area contributed by atoms with Gasteiger partial charge in [0, 0.05) is 18.0 Å². The van der Waals surface area contributed by atoms with Gasteiger partial charge in [-0.3, -0.25) is 0 Å². The highest BCUT2D eigenvalue weighted by molar-refractivity contribution is 7.12. The molecule has 0 aliphatic carbocycles. The van der Waals surface area contributed by atoms with Crippen molar-refractivity contribution in [3.8, 4) is 5.75 Å². The second-order valence-corrected chi connectivity index (χ2v) is 5.41. The minimum Gasteiger partial charge on any atom is -0.486 e. The molecule has 1 aliphatic rings. The molecule has 0 atom stereocenters. The van der Waals surface area contributed by atoms with Crippen LogP contribution in [0.25, 0.3) is 0 Å². The van der Waals surface area contributed by atoms with Gasteiger partial charge in [0.25, 0.3) is 0 Å². The summed E-state index contributed by atoms with van der Waals surface area (Å²) in [5, 5.41) is 4.94. The number of nitrogens with zero attached hydrogens (tertiary/aromatic N) is 1. The quantitative estimate of drug-likeness (QED) is 0.925. The summed E-state index contributed by atoms with van der Waals surface area (Å²) in [7, 11) is 0. The molecule has 1 aromatic carbocycles. The number of benzene rings is 1. The summed E-state index contributed by atoms with van der Waals surface area (Å²) in [6.07, 6.45) is 1.07. The normalized spacial score (nSPS) is 13.2. The zero-order chi connectivity index (χ0) is 11.7. The summed E-state index contributed by atoms with van der Waals surface area (Å²) in [4.78, 5) is 5.81. The van der Waals surface area contributed by atoms with Gasteiger partial charge < -0.3 is 10.1 Å². The van der Waals surface area contributed by atoms with Gasteiger partial charge in [0.15, 0.2) is 0 Å². The molecule has 17 heavy (non-hydrogen) atoms. The molecule has 1 aromatic heterocycles. The van der Waals surface area contributed by atoms with Crippen LogP contribution in [0.5, 0.6) is 5.75 Å². The fourth-order valence-electron chi connectivity index (χ4n) is 1.77. The molecule has 0 saturated carbocycles. The number of hydrogen-bond acceptors (Lipinski definition) is 4. The van der Waals surface area contributed by atoms with Crippen molar-refractivity contribution in [1.82, 2.24) is 4.98 Å². The zero-order valence-electron chi connectivity index (χ0n) is 9.07. The van der Waals surface area contributed by atoms with E-state index in [4.69, 9.17) is 16.3 Å². The Morgan fingerprint density at radius 1 is 1.47 bits per heavy atom. The molecule has 0 unspecified atom stereocenters. The third-order valence-electron chi connectivity index (χ3n) is 2.54. The van der Waals surface area contributed by atoms with Crippen molar-refractivity contribution in [3.63, 3.8) is 0 Å². The lowest BCUT2D eigenvalue weighted by Crippen LogP contribution is -1.97. The van der Waals surface area contributed by atoms with Crippen LogP contribution in [-0.2, 0) is 13.0 Å². The Bertz CT molecular complexity index is 520. The summed E-state index contributed by atoms with van der Waals surface area (Å²) >= 11 is 7.60. The lowest BCUT2D eigenvalue weighted by atomic mass is 10.3. The third-order valence-corrected chi connectivity index (χ3v) is 3.87. The van der Waals surface area contributed by atoms with Gasteiger partial charge in [0.2, 0.25) is 0 Å². The van der Waals surface area contributed by atoms with Crippen LogP contribution in [-0.4, -0.2) is 11.5 Å². The number of ether oxygens (including phenoxy) is 1. The van der Waals surface area contributed by atoms with Crippen LogP contribution in [0, 0.1) is 0 Å². The second-order valence-electron chi connectivity index (χ2n) is 3.80. The monoisotopic (exact) mass is 266 g/mol. The van der Waals surface area contributed by atoms with E-state index in [1.165, 1.54) is 4.88 Å². The molecule has 1 N–H and O–H groups in total. The van der Waals surface area contributed by atoms with Crippen molar-refractivity contribution in [2.45, 2.75) is 13.0 Å². The molecule has 3 nitrogen and oxygen atoms in total. The Kier molecular flexibility index (Phi) is 2.91. The predicted molar refractivity (Wildman–Crippen MR) is 70.1 cm³/mol. The number of halogens is 1. The van der Waals surface area contributed by atoms with E-state index >= 15 is 0 Å². The fourth-order valence-corrected chi connectivity index (χ4v) is 2.90. The maximum atomic E-state index is 5.88. The minimum atomic E-state index is 0.500. The summed E-state index contributed by atoms with van der Waals surface area (Å²) in [5.74, 6) is 1.81. The largest absolute Gasteiger partial charge is 0.486 e. The van der Waals surface area contributed by atoms with E-state index < -0.39 is 0 Å². The number of anilines is 1. The molecule has 2 heterocycles. The topological polar surface area (TPSA) is 34.1 Å². The standard InChI is InChI=1S/C12H11ClN2OS/c13-8-2-1-3-9(6-8)16-7-11-15-12-10(17-11)4-5-14-12/h1-3,6,14H,4-5,7H2. The first-order valence-corrected chi connectivity index (χ1v) is 6.61. The highest BCUT2D eigenvalue weighted by Crippen LogP contribution is 2.28. The van der Waals surface area contributed by atoms with E-state index in [0.29, 0.717) is 11.6 Å². The van der Waals surface area contributed by atoms with Crippen LogP contribution in [0.3, 0.4) is 0 Å². The molecule has 2 aromatic rings. The Labute approximate surface area is 108 Å². The number of aromatic nitrogens is 1. The summed E-state index contributed by atoms with van der Waals surface area (Å²) < 4.78 is 5.65. The summed E-state index contributed by atoms with van der Waals surface area (Å²) in [6.45, 7) is 1.50. The lowest BCUT2D eigenvalue weighted by Gasteiger charge is -2.03. The Hall–Kier alpha value is -1.26. The van der Waals surface area contributed by atoms with Crippen LogP contribution < -0.4 is 10.1 Å². The molecule has 0 fully saturated rings. The lowest BCUT2D eigenvalue weighted by molar-refractivity contribution is 0.305. The van der Waals surface area contributed by atoms with Crippen molar-refractivity contribution in [2.75, 3.05) is 11.9 Å². The van der Waals surface area contributed by atoms with Gasteiger partial charge >= 0.3 is 0 Å². The van der Waals surface area contributed by atoms with Crippen LogP contribution >= 0.6 is 22.9 Å². The van der Waals surface area contributed by atoms with Crippen molar-refractivity contribution in [3.05, 3.63) is 39.2 Å². The highest BCUT2D eigenvalue weighted by atomic mass is 35.5. The Morgan fingerprint density at radius 3 is 3.24 bits per heavy atom. The van der Waals surface area contributed by atoms with E-state index in [1.807, 2.05) is 18.2 Å². The zero-order valence-corrected chi connectivity index (χ0v) is 10.6.